The van der Waals surface area contributed by atoms with E-state index in [-0.39, 0.29) is 13.2 Å². The van der Waals surface area contributed by atoms with Gasteiger partial charge in [-0.3, -0.25) is 0 Å². The van der Waals surface area contributed by atoms with E-state index < -0.39 is 34.6 Å². The van der Waals surface area contributed by atoms with Gasteiger partial charge in [-0.15, -0.1) is 20.2 Å². The van der Waals surface area contributed by atoms with Crippen LogP contribution in [-0.2, 0) is 19.1 Å². The van der Waals surface area contributed by atoms with Crippen LogP contribution in [0.25, 0.3) is 0 Å². The van der Waals surface area contributed by atoms with Gasteiger partial charge in [-0.25, -0.2) is 0 Å². The fraction of sp³-hybridized carbons (Fsp3) is 1.00. The number of nitrogens with zero attached hydrogens (tertiary/aromatic N) is 2. The van der Waals surface area contributed by atoms with Crippen LogP contribution in [-0.4, -0.2) is 47.8 Å². The van der Waals surface area contributed by atoms with Gasteiger partial charge in [0.15, 0.2) is 12.2 Å². The van der Waals surface area contributed by atoms with E-state index in [9.17, 15) is 20.2 Å². The molecule has 0 aromatic heterocycles. The summed E-state index contributed by atoms with van der Waals surface area (Å²) in [7, 11) is 0. The average molecular weight is 236 g/mol. The maximum Gasteiger partial charge on any atom is 0.294 e. The minimum absolute atomic E-state index is 0.0477. The molecule has 0 aromatic carbocycles. The molecule has 90 valence electrons. The molecule has 2 saturated heterocycles. The van der Waals surface area contributed by atoms with E-state index in [0.717, 1.165) is 0 Å². The molecular weight excluding hydrogens is 228 g/mol. The molecule has 0 unspecified atom stereocenters. The van der Waals surface area contributed by atoms with Crippen LogP contribution >= 0.6 is 0 Å². The van der Waals surface area contributed by atoms with Crippen LogP contribution in [0.3, 0.4) is 0 Å². The predicted molar refractivity (Wildman–Crippen MR) is 43.2 cm³/mol. The van der Waals surface area contributed by atoms with E-state index in [2.05, 4.69) is 9.68 Å². The van der Waals surface area contributed by atoms with E-state index in [1.165, 1.54) is 0 Å². The largest absolute Gasteiger partial charge is 0.371 e. The van der Waals surface area contributed by atoms with Crippen molar-refractivity contribution in [3.05, 3.63) is 20.2 Å². The van der Waals surface area contributed by atoms with Gasteiger partial charge in [-0.1, -0.05) is 0 Å². The van der Waals surface area contributed by atoms with Gasteiger partial charge in [-0.05, 0) is 0 Å². The Labute approximate surface area is 88.2 Å². The van der Waals surface area contributed by atoms with Gasteiger partial charge in [0, 0.05) is 0 Å². The molecule has 0 aromatic rings. The molecule has 0 amide bonds. The molecule has 0 N–H and O–H groups in total. The van der Waals surface area contributed by atoms with Crippen LogP contribution in [0.2, 0.25) is 0 Å². The summed E-state index contributed by atoms with van der Waals surface area (Å²) in [6.07, 6.45) is -3.12. The highest BCUT2D eigenvalue weighted by Crippen LogP contribution is 2.30. The predicted octanol–water partition coefficient (Wildman–Crippen LogP) is -1.06. The van der Waals surface area contributed by atoms with Crippen molar-refractivity contribution in [2.45, 2.75) is 24.4 Å². The molecular formula is C6H8N2O8. The molecule has 4 atom stereocenters. The molecule has 2 fully saturated rings. The van der Waals surface area contributed by atoms with E-state index >= 15 is 0 Å². The molecule has 0 aliphatic carbocycles. The van der Waals surface area contributed by atoms with E-state index in [1.54, 1.807) is 0 Å². The van der Waals surface area contributed by atoms with Gasteiger partial charge >= 0.3 is 0 Å². The third-order valence-electron chi connectivity index (χ3n) is 2.41. The van der Waals surface area contributed by atoms with Crippen molar-refractivity contribution in [3.8, 4) is 0 Å². The van der Waals surface area contributed by atoms with Crippen LogP contribution in [0.5, 0.6) is 0 Å². The summed E-state index contributed by atoms with van der Waals surface area (Å²) >= 11 is 0. The Kier molecular flexibility index (Phi) is 2.75. The molecule has 2 aliphatic heterocycles. The van der Waals surface area contributed by atoms with Gasteiger partial charge in [-0.2, -0.15) is 0 Å². The van der Waals surface area contributed by atoms with Crippen molar-refractivity contribution in [3.63, 3.8) is 0 Å². The van der Waals surface area contributed by atoms with Gasteiger partial charge in [0.25, 0.3) is 10.2 Å². The van der Waals surface area contributed by atoms with Crippen molar-refractivity contribution in [1.82, 2.24) is 0 Å². The quantitative estimate of drug-likeness (QED) is 0.446. The first-order chi connectivity index (χ1) is 7.58. The highest BCUT2D eigenvalue weighted by atomic mass is 17.0. The fourth-order valence-corrected chi connectivity index (χ4v) is 1.83. The van der Waals surface area contributed by atoms with Crippen LogP contribution in [0.1, 0.15) is 0 Å². The zero-order valence-electron chi connectivity index (χ0n) is 7.88. The third kappa shape index (κ3) is 1.97. The minimum atomic E-state index is -0.943. The van der Waals surface area contributed by atoms with Gasteiger partial charge in [0.05, 0.1) is 13.2 Å². The molecule has 0 saturated carbocycles. The fourth-order valence-electron chi connectivity index (χ4n) is 1.83. The van der Waals surface area contributed by atoms with Crippen LogP contribution < -0.4 is 0 Å². The zero-order valence-corrected chi connectivity index (χ0v) is 7.88. The first kappa shape index (κ1) is 10.8. The van der Waals surface area contributed by atoms with E-state index in [0.29, 0.717) is 0 Å². The van der Waals surface area contributed by atoms with Gasteiger partial charge < -0.3 is 19.1 Å². The lowest BCUT2D eigenvalue weighted by Crippen LogP contribution is -2.35. The first-order valence-electron chi connectivity index (χ1n) is 4.43. The molecule has 2 rings (SSSR count). The normalized spacial score (nSPS) is 36.8. The average Bonchev–Trinajstić information content (AvgIpc) is 2.70. The standard InChI is InChI=1S/C6H8N2O8/c9-7(10)15-3-1-13-6-4(16-8(11)12)2-14-5(3)6/h3-6H,1-2H2/t3-,4-,5-,6+/m1/s1. The molecule has 2 aliphatic rings. The zero-order chi connectivity index (χ0) is 11.7. The molecule has 10 nitrogen and oxygen atoms in total. The Morgan fingerprint density at radius 3 is 1.62 bits per heavy atom. The van der Waals surface area contributed by atoms with Crippen LogP contribution in [0.4, 0.5) is 0 Å². The molecule has 16 heavy (non-hydrogen) atoms. The highest BCUT2D eigenvalue weighted by molar-refractivity contribution is 4.94. The molecule has 10 heteroatoms. The van der Waals surface area contributed by atoms with E-state index in [4.69, 9.17) is 9.47 Å². The lowest BCUT2D eigenvalue weighted by molar-refractivity contribution is -0.769. The molecule has 2 heterocycles. The summed E-state index contributed by atoms with van der Waals surface area (Å²) < 4.78 is 10.2. The van der Waals surface area contributed by atoms with Crippen LogP contribution in [0, 0.1) is 20.2 Å². The summed E-state index contributed by atoms with van der Waals surface area (Å²) in [6, 6.07) is 0. The minimum Gasteiger partial charge on any atom is -0.371 e. The number of rotatable bonds is 4. The third-order valence-corrected chi connectivity index (χ3v) is 2.41. The monoisotopic (exact) mass is 236 g/mol. The second kappa shape index (κ2) is 4.06. The van der Waals surface area contributed by atoms with Crippen molar-refractivity contribution in [2.24, 2.45) is 0 Å². The van der Waals surface area contributed by atoms with E-state index in [1.807, 2.05) is 0 Å². The van der Waals surface area contributed by atoms with Crippen molar-refractivity contribution in [2.75, 3.05) is 13.2 Å². The molecule has 0 radical (unpaired) electrons. The summed E-state index contributed by atoms with van der Waals surface area (Å²) in [5.41, 5.74) is 0. The smallest absolute Gasteiger partial charge is 0.294 e. The number of ether oxygens (including phenoxy) is 2. The summed E-state index contributed by atoms with van der Waals surface area (Å²) in [4.78, 5) is 28.9. The Morgan fingerprint density at radius 1 is 0.938 bits per heavy atom. The second-order valence-corrected chi connectivity index (χ2v) is 3.33. The summed E-state index contributed by atoms with van der Waals surface area (Å²) in [5, 5.41) is 18.4. The van der Waals surface area contributed by atoms with Gasteiger partial charge in [0.2, 0.25) is 0 Å². The Morgan fingerprint density at radius 2 is 1.31 bits per heavy atom. The lowest BCUT2D eigenvalue weighted by atomic mass is 10.1. The summed E-state index contributed by atoms with van der Waals surface area (Å²) in [6.45, 7) is -0.0955. The number of hydrogen-bond acceptors (Lipinski definition) is 8. The Hall–Kier alpha value is -1.68. The SMILES string of the molecule is O=[N+]([O-])O[C@@H]1CO[C@H]2[C@H]1OC[C@H]2O[N+](=O)[O-]. The van der Waals surface area contributed by atoms with Crippen molar-refractivity contribution in [1.29, 1.82) is 0 Å². The second-order valence-electron chi connectivity index (χ2n) is 3.33. The molecule has 0 bridgehead atoms. The van der Waals surface area contributed by atoms with Gasteiger partial charge in [0.1, 0.15) is 12.2 Å². The summed E-state index contributed by atoms with van der Waals surface area (Å²) in [5.74, 6) is 0. The topological polar surface area (TPSA) is 123 Å². The Balaban J connectivity index is 1.95. The lowest BCUT2D eigenvalue weighted by Gasteiger charge is -2.13. The highest BCUT2D eigenvalue weighted by Gasteiger charge is 2.51. The molecule has 0 spiro atoms. The van der Waals surface area contributed by atoms with Crippen molar-refractivity contribution < 1.29 is 29.3 Å². The maximum absolute atomic E-state index is 10.1. The van der Waals surface area contributed by atoms with Crippen LogP contribution in [0.15, 0.2) is 0 Å². The number of fused-ring (bicyclic) bond motifs is 1. The van der Waals surface area contributed by atoms with Crippen molar-refractivity contribution >= 4 is 0 Å². The first-order valence-corrected chi connectivity index (χ1v) is 4.43. The maximum atomic E-state index is 10.1. The number of hydrogen-bond donors (Lipinski definition) is 0. The Bertz CT molecular complexity index is 279.